The van der Waals surface area contributed by atoms with Crippen LogP contribution in [0.5, 0.6) is 0 Å². The molecule has 0 aliphatic carbocycles. The molecule has 3 rings (SSSR count). The third kappa shape index (κ3) is 2.77. The van der Waals surface area contributed by atoms with Crippen LogP contribution in [0.3, 0.4) is 0 Å². The average Bonchev–Trinajstić information content (AvgIpc) is 2.46. The van der Waals surface area contributed by atoms with E-state index in [1.165, 1.54) is 22.8 Å². The van der Waals surface area contributed by atoms with Crippen LogP contribution >= 0.6 is 0 Å². The van der Waals surface area contributed by atoms with Crippen LogP contribution in [0, 0.1) is 0 Å². The highest BCUT2D eigenvalue weighted by Crippen LogP contribution is 2.21. The lowest BCUT2D eigenvalue weighted by atomic mass is 9.94. The summed E-state index contributed by atoms with van der Waals surface area (Å²) in [5, 5.41) is 6.14. The molecule has 1 unspecified atom stereocenters. The topological polar surface area (TPSA) is 34.2 Å². The molecule has 1 aliphatic heterocycles. The van der Waals surface area contributed by atoms with Crippen molar-refractivity contribution in [2.75, 3.05) is 13.2 Å². The number of rotatable bonds is 3. The van der Waals surface area contributed by atoms with E-state index in [1.807, 2.05) is 12.4 Å². The molecule has 1 atom stereocenters. The van der Waals surface area contributed by atoms with Gasteiger partial charge in [0.15, 0.2) is 0 Å². The lowest BCUT2D eigenvalue weighted by Crippen LogP contribution is -2.48. The quantitative estimate of drug-likeness (QED) is 0.917. The molecule has 100 valence electrons. The van der Waals surface area contributed by atoms with E-state index in [4.69, 9.17) is 4.74 Å². The summed E-state index contributed by atoms with van der Waals surface area (Å²) in [7, 11) is 0. The normalized spacial score (nSPS) is 23.6. The van der Waals surface area contributed by atoms with Gasteiger partial charge < -0.3 is 10.1 Å². The van der Waals surface area contributed by atoms with E-state index in [0.717, 1.165) is 26.2 Å². The average molecular weight is 256 g/mol. The third-order valence-electron chi connectivity index (χ3n) is 3.91. The SMILES string of the molecule is CC1(NCc2cccc3cnccc23)CCCOC1. The van der Waals surface area contributed by atoms with Crippen LogP contribution in [-0.4, -0.2) is 23.7 Å². The molecule has 19 heavy (non-hydrogen) atoms. The van der Waals surface area contributed by atoms with Gasteiger partial charge in [-0.1, -0.05) is 18.2 Å². The summed E-state index contributed by atoms with van der Waals surface area (Å²) >= 11 is 0. The van der Waals surface area contributed by atoms with Crippen molar-refractivity contribution in [3.05, 3.63) is 42.2 Å². The molecule has 1 aromatic carbocycles. The molecule has 0 saturated carbocycles. The van der Waals surface area contributed by atoms with Crippen molar-refractivity contribution >= 4 is 10.8 Å². The zero-order valence-electron chi connectivity index (χ0n) is 11.4. The second-order valence-electron chi connectivity index (χ2n) is 5.58. The van der Waals surface area contributed by atoms with Crippen molar-refractivity contribution in [2.45, 2.75) is 31.8 Å². The largest absolute Gasteiger partial charge is 0.380 e. The number of nitrogens with one attached hydrogen (secondary N) is 1. The van der Waals surface area contributed by atoms with Gasteiger partial charge in [0.25, 0.3) is 0 Å². The number of pyridine rings is 1. The molecule has 3 nitrogen and oxygen atoms in total. The summed E-state index contributed by atoms with van der Waals surface area (Å²) in [5.41, 5.74) is 1.43. The molecule has 2 aromatic rings. The van der Waals surface area contributed by atoms with Crippen molar-refractivity contribution in [3.63, 3.8) is 0 Å². The second-order valence-corrected chi connectivity index (χ2v) is 5.58. The van der Waals surface area contributed by atoms with Gasteiger partial charge >= 0.3 is 0 Å². The highest BCUT2D eigenvalue weighted by molar-refractivity contribution is 5.84. The van der Waals surface area contributed by atoms with Crippen LogP contribution in [-0.2, 0) is 11.3 Å². The minimum atomic E-state index is 0.105. The molecule has 1 aliphatic rings. The maximum absolute atomic E-state index is 5.59. The van der Waals surface area contributed by atoms with Crippen LogP contribution < -0.4 is 5.32 Å². The van der Waals surface area contributed by atoms with Crippen LogP contribution in [0.1, 0.15) is 25.3 Å². The fourth-order valence-electron chi connectivity index (χ4n) is 2.73. The zero-order chi connectivity index (χ0) is 13.1. The fourth-order valence-corrected chi connectivity index (χ4v) is 2.73. The monoisotopic (exact) mass is 256 g/mol. The molecular weight excluding hydrogens is 236 g/mol. The molecule has 2 heterocycles. The predicted molar refractivity (Wildman–Crippen MR) is 77.0 cm³/mol. The number of benzene rings is 1. The first kappa shape index (κ1) is 12.6. The van der Waals surface area contributed by atoms with Crippen molar-refractivity contribution in [1.82, 2.24) is 10.3 Å². The molecule has 1 fully saturated rings. The van der Waals surface area contributed by atoms with E-state index in [0.29, 0.717) is 0 Å². The van der Waals surface area contributed by atoms with Gasteiger partial charge in [-0.2, -0.15) is 0 Å². The number of hydrogen-bond acceptors (Lipinski definition) is 3. The Balaban J connectivity index is 1.78. The molecular formula is C16H20N2O. The summed E-state index contributed by atoms with van der Waals surface area (Å²) in [6.07, 6.45) is 6.10. The van der Waals surface area contributed by atoms with Crippen LogP contribution in [0.15, 0.2) is 36.7 Å². The Morgan fingerprint density at radius 1 is 1.37 bits per heavy atom. The lowest BCUT2D eigenvalue weighted by Gasteiger charge is -2.34. The highest BCUT2D eigenvalue weighted by atomic mass is 16.5. The Bertz CT molecular complexity index is 556. The fraction of sp³-hybridized carbons (Fsp3) is 0.438. The van der Waals surface area contributed by atoms with E-state index in [1.54, 1.807) is 0 Å². The molecule has 1 saturated heterocycles. The van der Waals surface area contributed by atoms with Gasteiger partial charge in [-0.3, -0.25) is 4.98 Å². The maximum atomic E-state index is 5.59. The van der Waals surface area contributed by atoms with Gasteiger partial charge in [-0.15, -0.1) is 0 Å². The summed E-state index contributed by atoms with van der Waals surface area (Å²) in [4.78, 5) is 4.18. The summed E-state index contributed by atoms with van der Waals surface area (Å²) in [5.74, 6) is 0. The van der Waals surface area contributed by atoms with Crippen molar-refractivity contribution in [2.24, 2.45) is 0 Å². The Labute approximate surface area is 114 Å². The van der Waals surface area contributed by atoms with Crippen molar-refractivity contribution < 1.29 is 4.74 Å². The van der Waals surface area contributed by atoms with Crippen LogP contribution in [0.4, 0.5) is 0 Å². The predicted octanol–water partition coefficient (Wildman–Crippen LogP) is 2.89. The lowest BCUT2D eigenvalue weighted by molar-refractivity contribution is 0.0278. The van der Waals surface area contributed by atoms with E-state index < -0.39 is 0 Å². The van der Waals surface area contributed by atoms with E-state index in [9.17, 15) is 0 Å². The molecule has 0 amide bonds. The summed E-state index contributed by atoms with van der Waals surface area (Å²) in [6.45, 7) is 4.83. The van der Waals surface area contributed by atoms with Gasteiger partial charge in [-0.05, 0) is 36.8 Å². The summed E-state index contributed by atoms with van der Waals surface area (Å²) in [6, 6.07) is 8.48. The first-order chi connectivity index (χ1) is 9.27. The van der Waals surface area contributed by atoms with Crippen molar-refractivity contribution in [3.8, 4) is 0 Å². The summed E-state index contributed by atoms with van der Waals surface area (Å²) < 4.78 is 5.59. The Morgan fingerprint density at radius 3 is 3.16 bits per heavy atom. The molecule has 3 heteroatoms. The highest BCUT2D eigenvalue weighted by Gasteiger charge is 2.26. The zero-order valence-corrected chi connectivity index (χ0v) is 11.4. The Hall–Kier alpha value is -1.45. The van der Waals surface area contributed by atoms with E-state index in [-0.39, 0.29) is 5.54 Å². The minimum absolute atomic E-state index is 0.105. The van der Waals surface area contributed by atoms with Gasteiger partial charge in [0, 0.05) is 36.5 Å². The second kappa shape index (κ2) is 5.27. The Kier molecular flexibility index (Phi) is 3.49. The van der Waals surface area contributed by atoms with Crippen LogP contribution in [0.25, 0.3) is 10.8 Å². The maximum Gasteiger partial charge on any atom is 0.0645 e. The molecule has 1 aromatic heterocycles. The molecule has 0 spiro atoms. The smallest absolute Gasteiger partial charge is 0.0645 e. The van der Waals surface area contributed by atoms with E-state index >= 15 is 0 Å². The molecule has 0 bridgehead atoms. The number of hydrogen-bond donors (Lipinski definition) is 1. The van der Waals surface area contributed by atoms with Gasteiger partial charge in [0.05, 0.1) is 6.61 Å². The third-order valence-corrected chi connectivity index (χ3v) is 3.91. The first-order valence-corrected chi connectivity index (χ1v) is 6.91. The van der Waals surface area contributed by atoms with E-state index in [2.05, 4.69) is 41.5 Å². The van der Waals surface area contributed by atoms with Crippen molar-refractivity contribution in [1.29, 1.82) is 0 Å². The molecule has 0 radical (unpaired) electrons. The first-order valence-electron chi connectivity index (χ1n) is 6.91. The number of fused-ring (bicyclic) bond motifs is 1. The van der Waals surface area contributed by atoms with Gasteiger partial charge in [0.1, 0.15) is 0 Å². The number of aromatic nitrogens is 1. The van der Waals surface area contributed by atoms with Gasteiger partial charge in [-0.25, -0.2) is 0 Å². The minimum Gasteiger partial charge on any atom is -0.380 e. The Morgan fingerprint density at radius 2 is 2.32 bits per heavy atom. The number of ether oxygens (including phenoxy) is 1. The van der Waals surface area contributed by atoms with Gasteiger partial charge in [0.2, 0.25) is 0 Å². The number of nitrogens with zero attached hydrogens (tertiary/aromatic N) is 1. The van der Waals surface area contributed by atoms with Crippen LogP contribution in [0.2, 0.25) is 0 Å². The standard InChI is InChI=1S/C16H20N2O/c1-16(7-3-9-19-12-16)18-11-14-5-2-4-13-10-17-8-6-15(13)14/h2,4-6,8,10,18H,3,7,9,11-12H2,1H3. The molecule has 1 N–H and O–H groups in total.